The maximum absolute atomic E-state index is 9.38. The second-order valence-electron chi connectivity index (χ2n) is 6.67. The number of benzene rings is 4. The van der Waals surface area contributed by atoms with Gasteiger partial charge in [0.05, 0.1) is 24.6 Å². The van der Waals surface area contributed by atoms with Gasteiger partial charge in [0.15, 0.2) is 14.7 Å². The fourth-order valence-corrected chi connectivity index (χ4v) is 5.16. The number of methoxy groups -OCH3 is 1. The summed E-state index contributed by atoms with van der Waals surface area (Å²) in [6, 6.07) is 34.4. The Labute approximate surface area is 179 Å². The topological polar surface area (TPSA) is 38.7 Å². The zero-order valence-electron chi connectivity index (χ0n) is 16.7. The third-order valence-electron chi connectivity index (χ3n) is 4.68. The lowest BCUT2D eigenvalue weighted by atomic mass is 10.2. The minimum absolute atomic E-state index is 0.0438. The molecule has 0 aliphatic carbocycles. The average molecular weight is 416 g/mol. The maximum atomic E-state index is 9.38. The van der Waals surface area contributed by atoms with Gasteiger partial charge in [-0.2, -0.15) is 0 Å². The fraction of sp³-hybridized carbons (Fsp3) is 0.0769. The van der Waals surface area contributed by atoms with E-state index < -0.39 is 0 Å². The summed E-state index contributed by atoms with van der Waals surface area (Å²) in [6.07, 6.45) is 0. The molecule has 4 heteroatoms. The van der Waals surface area contributed by atoms with Crippen LogP contribution in [0.2, 0.25) is 0 Å². The summed E-state index contributed by atoms with van der Waals surface area (Å²) in [7, 11) is 1.39. The van der Waals surface area contributed by atoms with Crippen molar-refractivity contribution in [2.45, 2.75) is 21.3 Å². The van der Waals surface area contributed by atoms with Crippen LogP contribution in [0.1, 0.15) is 5.56 Å². The van der Waals surface area contributed by atoms with Gasteiger partial charge in [0.25, 0.3) is 0 Å². The lowest BCUT2D eigenvalue weighted by Gasteiger charge is -2.10. The lowest BCUT2D eigenvalue weighted by Crippen LogP contribution is -2.05. The van der Waals surface area contributed by atoms with Gasteiger partial charge in [0.1, 0.15) is 17.2 Å². The van der Waals surface area contributed by atoms with Crippen LogP contribution in [-0.2, 0) is 17.5 Å². The highest BCUT2D eigenvalue weighted by atomic mass is 32.2. The summed E-state index contributed by atoms with van der Waals surface area (Å²) in [5.41, 5.74) is 0.906. The Kier molecular flexibility index (Phi) is 6.38. The van der Waals surface area contributed by atoms with Crippen molar-refractivity contribution in [1.29, 1.82) is 0 Å². The molecule has 0 aromatic heterocycles. The molecule has 0 amide bonds. The first-order valence-electron chi connectivity index (χ1n) is 9.68. The largest absolute Gasteiger partial charge is 0.497 e. The normalized spacial score (nSPS) is 11.7. The molecule has 0 radical (unpaired) electrons. The van der Waals surface area contributed by atoms with E-state index in [4.69, 9.17) is 9.47 Å². The number of rotatable bonds is 7. The van der Waals surface area contributed by atoms with Crippen LogP contribution >= 0.6 is 0 Å². The van der Waals surface area contributed by atoms with Gasteiger partial charge >= 0.3 is 0 Å². The van der Waals surface area contributed by atoms with Crippen molar-refractivity contribution in [2.75, 3.05) is 7.11 Å². The summed E-state index contributed by atoms with van der Waals surface area (Å²) < 4.78 is 11.3. The summed E-state index contributed by atoms with van der Waals surface area (Å²) in [5, 5.41) is 9.38. The Balaban J connectivity index is 1.67. The van der Waals surface area contributed by atoms with Crippen molar-refractivity contribution >= 4 is 10.9 Å². The van der Waals surface area contributed by atoms with Crippen molar-refractivity contribution in [3.05, 3.63) is 109 Å². The molecule has 0 fully saturated rings. The summed E-state index contributed by atoms with van der Waals surface area (Å²) in [4.78, 5) is 3.58. The van der Waals surface area contributed by atoms with E-state index in [0.29, 0.717) is 0 Å². The smallest absolute Gasteiger partial charge is 0.166 e. The first kappa shape index (κ1) is 20.1. The average Bonchev–Trinajstić information content (AvgIpc) is 2.82. The number of hydrogen-bond acceptors (Lipinski definition) is 3. The molecule has 0 bridgehead atoms. The molecule has 4 aromatic rings. The molecule has 1 unspecified atom stereocenters. The lowest BCUT2D eigenvalue weighted by molar-refractivity contribution is 0.282. The first-order chi connectivity index (χ1) is 14.8. The third-order valence-corrected chi connectivity index (χ3v) is 6.91. The summed E-state index contributed by atoms with van der Waals surface area (Å²) >= 11 is 0. The van der Waals surface area contributed by atoms with Gasteiger partial charge in [-0.15, -0.1) is 0 Å². The molecule has 3 nitrogen and oxygen atoms in total. The Bertz CT molecular complexity index is 1010. The van der Waals surface area contributed by atoms with E-state index in [1.54, 1.807) is 7.11 Å². The van der Waals surface area contributed by atoms with Crippen molar-refractivity contribution < 1.29 is 14.6 Å². The summed E-state index contributed by atoms with van der Waals surface area (Å²) in [5.74, 6) is 2.46. The molecule has 0 spiro atoms. The number of aliphatic hydroxyl groups excluding tert-OH is 1. The maximum Gasteiger partial charge on any atom is 0.166 e. The molecule has 4 rings (SSSR count). The van der Waals surface area contributed by atoms with E-state index in [9.17, 15) is 5.11 Å². The van der Waals surface area contributed by atoms with Gasteiger partial charge in [0, 0.05) is 0 Å². The van der Waals surface area contributed by atoms with Crippen molar-refractivity contribution in [3.63, 3.8) is 0 Å². The van der Waals surface area contributed by atoms with Crippen LogP contribution in [0.4, 0.5) is 0 Å². The van der Waals surface area contributed by atoms with Crippen molar-refractivity contribution in [1.82, 2.24) is 0 Å². The summed E-state index contributed by atoms with van der Waals surface area (Å²) in [6.45, 7) is 0.0438. The molecule has 4 aromatic carbocycles. The molecule has 0 aliphatic rings. The van der Waals surface area contributed by atoms with E-state index in [1.165, 1.54) is 14.7 Å². The predicted molar refractivity (Wildman–Crippen MR) is 120 cm³/mol. The third kappa shape index (κ3) is 4.67. The highest BCUT2D eigenvalue weighted by Crippen LogP contribution is 2.34. The SMILES string of the molecule is COc1ccc([S+](c2ccc(CO)cc2)c2ccc(Oc3ccccc3)cc2)cc1. The molecule has 1 atom stereocenters. The molecule has 0 aliphatic heterocycles. The van der Waals surface area contributed by atoms with Crippen LogP contribution < -0.4 is 9.47 Å². The van der Waals surface area contributed by atoms with Crippen LogP contribution in [0.25, 0.3) is 0 Å². The Morgan fingerprint density at radius 2 is 1.07 bits per heavy atom. The predicted octanol–water partition coefficient (Wildman–Crippen LogP) is 6.08. The first-order valence-corrected chi connectivity index (χ1v) is 10.9. The standard InChI is InChI=1S/C26H23O3S/c1-28-21-9-15-25(16-10-21)30(24-13-7-20(19-27)8-14-24)26-17-11-23(12-18-26)29-22-5-3-2-4-6-22/h2-18,27H,19H2,1H3/q+1. The van der Waals surface area contributed by atoms with Gasteiger partial charge in [-0.1, -0.05) is 30.3 Å². The monoisotopic (exact) mass is 415 g/mol. The highest BCUT2D eigenvalue weighted by molar-refractivity contribution is 7.97. The van der Waals surface area contributed by atoms with Gasteiger partial charge in [-0.05, 0) is 78.4 Å². The quantitative estimate of drug-likeness (QED) is 0.372. The molecule has 150 valence electrons. The van der Waals surface area contributed by atoms with E-state index in [0.717, 1.165) is 22.8 Å². The molecular weight excluding hydrogens is 392 g/mol. The van der Waals surface area contributed by atoms with Gasteiger partial charge in [0.2, 0.25) is 0 Å². The Morgan fingerprint density at radius 1 is 0.600 bits per heavy atom. The van der Waals surface area contributed by atoms with Crippen LogP contribution in [0.15, 0.2) is 118 Å². The van der Waals surface area contributed by atoms with Crippen molar-refractivity contribution in [3.8, 4) is 17.2 Å². The van der Waals surface area contributed by atoms with Gasteiger partial charge in [-0.25, -0.2) is 0 Å². The van der Waals surface area contributed by atoms with Crippen LogP contribution in [-0.4, -0.2) is 12.2 Å². The Hall–Kier alpha value is -3.21. The second kappa shape index (κ2) is 9.53. The van der Waals surface area contributed by atoms with Crippen molar-refractivity contribution in [2.24, 2.45) is 0 Å². The number of aliphatic hydroxyl groups is 1. The van der Waals surface area contributed by atoms with Crippen LogP contribution in [0, 0.1) is 0 Å². The fourth-order valence-electron chi connectivity index (χ4n) is 3.12. The minimum Gasteiger partial charge on any atom is -0.497 e. The van der Waals surface area contributed by atoms with Crippen LogP contribution in [0.3, 0.4) is 0 Å². The number of ether oxygens (including phenoxy) is 2. The van der Waals surface area contributed by atoms with Gasteiger partial charge in [-0.3, -0.25) is 0 Å². The highest BCUT2D eigenvalue weighted by Gasteiger charge is 2.28. The zero-order valence-corrected chi connectivity index (χ0v) is 17.5. The molecule has 30 heavy (non-hydrogen) atoms. The molecule has 0 heterocycles. The Morgan fingerprint density at radius 3 is 1.57 bits per heavy atom. The zero-order chi connectivity index (χ0) is 20.8. The second-order valence-corrected chi connectivity index (χ2v) is 8.70. The number of para-hydroxylation sites is 1. The number of hydrogen-bond donors (Lipinski definition) is 1. The minimum atomic E-state index is -0.283. The molecule has 0 saturated carbocycles. The van der Waals surface area contributed by atoms with E-state index in [-0.39, 0.29) is 17.5 Å². The molecular formula is C26H23O3S+. The van der Waals surface area contributed by atoms with Crippen LogP contribution in [0.5, 0.6) is 17.2 Å². The molecule has 1 N–H and O–H groups in total. The molecule has 0 saturated heterocycles. The van der Waals surface area contributed by atoms with E-state index in [1.807, 2.05) is 66.7 Å². The van der Waals surface area contributed by atoms with Gasteiger partial charge < -0.3 is 14.6 Å². The van der Waals surface area contributed by atoms with E-state index in [2.05, 4.69) is 36.4 Å². The van der Waals surface area contributed by atoms with E-state index >= 15 is 0 Å².